The molecule has 6 N–H and O–H groups in total. The lowest BCUT2D eigenvalue weighted by molar-refractivity contribution is -0.145. The third kappa shape index (κ3) is 11.1. The lowest BCUT2D eigenvalue weighted by atomic mass is 10.0. The Labute approximate surface area is 269 Å². The van der Waals surface area contributed by atoms with Gasteiger partial charge in [0.15, 0.2) is 0 Å². The van der Waals surface area contributed by atoms with Crippen LogP contribution in [0.15, 0.2) is 30.1 Å². The number of alkyl halides is 1. The number of fused-ring (bicyclic) bond motifs is 2. The molecule has 2 heterocycles. The Balaban J connectivity index is 1.87. The molecule has 1 saturated heterocycles. The number of carbonyl (C=O) groups excluding carboxylic acids is 4. The number of hydrogen-bond acceptors (Lipinski definition) is 8. The number of hydrazine groups is 1. The van der Waals surface area contributed by atoms with Gasteiger partial charge in [-0.25, -0.2) is 14.6 Å². The molecule has 0 bridgehead atoms. The van der Waals surface area contributed by atoms with E-state index in [0.29, 0.717) is 13.1 Å². The normalized spacial score (nSPS) is 25.2. The number of rotatable bonds is 2. The summed E-state index contributed by atoms with van der Waals surface area (Å²) in [6.07, 6.45) is 5.54. The zero-order valence-corrected chi connectivity index (χ0v) is 27.1. The highest BCUT2D eigenvalue weighted by Crippen LogP contribution is 2.25. The molecule has 0 spiro atoms. The molecular weight excluding hydrogens is 600 g/mol. The highest BCUT2D eigenvalue weighted by atomic mass is 19.1. The zero-order valence-electron chi connectivity index (χ0n) is 27.1. The quantitative estimate of drug-likeness (QED) is 0.355. The number of carbonyl (C=O) groups is 4. The summed E-state index contributed by atoms with van der Waals surface area (Å²) < 4.78 is 34.7. The van der Waals surface area contributed by atoms with Gasteiger partial charge in [0.2, 0.25) is 17.7 Å². The first-order valence-corrected chi connectivity index (χ1v) is 16.0. The van der Waals surface area contributed by atoms with Gasteiger partial charge in [0.05, 0.1) is 24.4 Å². The van der Waals surface area contributed by atoms with Gasteiger partial charge >= 0.3 is 0 Å². The Morgan fingerprint density at radius 2 is 1.74 bits per heavy atom. The van der Waals surface area contributed by atoms with Gasteiger partial charge in [-0.3, -0.25) is 19.2 Å². The summed E-state index contributed by atoms with van der Waals surface area (Å²) >= 11 is 0. The van der Waals surface area contributed by atoms with Crippen LogP contribution in [0.5, 0.6) is 5.75 Å². The van der Waals surface area contributed by atoms with Gasteiger partial charge in [-0.05, 0) is 37.3 Å². The Morgan fingerprint density at radius 3 is 2.46 bits per heavy atom. The Hall–Kier alpha value is -3.94. The molecule has 1 aromatic carbocycles. The van der Waals surface area contributed by atoms with E-state index < -0.39 is 41.8 Å². The van der Waals surface area contributed by atoms with E-state index in [4.69, 9.17) is 16.3 Å². The first-order chi connectivity index (χ1) is 21.8. The first kappa shape index (κ1) is 36.5. The number of likely N-dealkylation sites (N-methyl/N-ethyl adjacent to an activating group) is 1. The molecule has 3 unspecified atom stereocenters. The standard InChI is InChI=1S/C32H49F2N7O5/c1-21(2)14-26-31(44)41-17-23(34)15-27(41)32(45)39(3)19-29(42)37-12-8-6-4-5-7-9-13-40(36)18-24(35)20-46-28-16-22(33)10-11-25(28)30(43)38-26/h10-11,16,18,21,23,26-27H,4-9,12-15,17,19-20,35-36H2,1-3H3,(H,37,42)(H,38,43)/b24-18-. The smallest absolute Gasteiger partial charge is 0.255 e. The maximum absolute atomic E-state index is 14.7. The van der Waals surface area contributed by atoms with Crippen molar-refractivity contribution in [1.29, 1.82) is 0 Å². The molecule has 1 fully saturated rings. The largest absolute Gasteiger partial charge is 0.486 e. The minimum Gasteiger partial charge on any atom is -0.486 e. The highest BCUT2D eigenvalue weighted by molar-refractivity contribution is 6.00. The minimum atomic E-state index is -1.45. The lowest BCUT2D eigenvalue weighted by Crippen LogP contribution is -2.54. The fourth-order valence-corrected chi connectivity index (χ4v) is 5.63. The van der Waals surface area contributed by atoms with Crippen LogP contribution in [0.1, 0.15) is 75.6 Å². The number of nitrogens with one attached hydrogen (secondary N) is 2. The van der Waals surface area contributed by atoms with Crippen molar-refractivity contribution in [2.45, 2.75) is 83.5 Å². The number of halogens is 2. The predicted octanol–water partition coefficient (Wildman–Crippen LogP) is 2.19. The molecule has 4 amide bonds. The SMILES string of the molecule is CC(C)CC1NC(=O)c2ccc(F)cc2OC/C(N)=C/N(N)CCCCCCCCNC(=O)CN(C)C(=O)C2CC(F)CN2C1=O. The molecule has 2 aliphatic heterocycles. The third-order valence-electron chi connectivity index (χ3n) is 7.97. The molecule has 12 nitrogen and oxygen atoms in total. The molecule has 0 aliphatic carbocycles. The van der Waals surface area contributed by atoms with Crippen molar-refractivity contribution in [3.8, 4) is 5.75 Å². The van der Waals surface area contributed by atoms with Crippen molar-refractivity contribution in [1.82, 2.24) is 25.4 Å². The van der Waals surface area contributed by atoms with Gasteiger partial charge in [0, 0.05) is 38.8 Å². The van der Waals surface area contributed by atoms with E-state index in [1.807, 2.05) is 13.8 Å². The van der Waals surface area contributed by atoms with Crippen molar-refractivity contribution in [3.05, 3.63) is 41.5 Å². The van der Waals surface area contributed by atoms with E-state index in [9.17, 15) is 28.0 Å². The second-order valence-corrected chi connectivity index (χ2v) is 12.5. The first-order valence-electron chi connectivity index (χ1n) is 16.0. The number of hydrogen-bond donors (Lipinski definition) is 4. The number of nitrogens with zero attached hydrogens (tertiary/aromatic N) is 3. The Kier molecular flexibility index (Phi) is 14.0. The van der Waals surface area contributed by atoms with Crippen molar-refractivity contribution in [2.75, 3.05) is 39.8 Å². The average Bonchev–Trinajstić information content (AvgIpc) is 3.38. The van der Waals surface area contributed by atoms with Gasteiger partial charge < -0.3 is 35.9 Å². The zero-order chi connectivity index (χ0) is 33.8. The van der Waals surface area contributed by atoms with Crippen molar-refractivity contribution < 1.29 is 32.7 Å². The lowest BCUT2D eigenvalue weighted by Gasteiger charge is -2.31. The second kappa shape index (κ2) is 17.7. The van der Waals surface area contributed by atoms with Crippen molar-refractivity contribution >= 4 is 23.6 Å². The molecule has 256 valence electrons. The van der Waals surface area contributed by atoms with E-state index in [1.54, 1.807) is 0 Å². The molecule has 0 radical (unpaired) electrons. The van der Waals surface area contributed by atoms with Crippen molar-refractivity contribution in [2.24, 2.45) is 17.5 Å². The molecule has 46 heavy (non-hydrogen) atoms. The maximum Gasteiger partial charge on any atom is 0.255 e. The molecule has 14 heteroatoms. The predicted molar refractivity (Wildman–Crippen MR) is 169 cm³/mol. The van der Waals surface area contributed by atoms with Crippen LogP contribution in [0.2, 0.25) is 0 Å². The van der Waals surface area contributed by atoms with Crippen LogP contribution in [0, 0.1) is 11.7 Å². The monoisotopic (exact) mass is 649 g/mol. The highest BCUT2D eigenvalue weighted by Gasteiger charge is 2.43. The van der Waals surface area contributed by atoms with Gasteiger partial charge in [0.1, 0.15) is 36.4 Å². The molecule has 1 aromatic rings. The van der Waals surface area contributed by atoms with E-state index in [0.717, 1.165) is 55.6 Å². The fraction of sp³-hybridized carbons (Fsp3) is 0.625. The summed E-state index contributed by atoms with van der Waals surface area (Å²) in [4.78, 5) is 55.6. The summed E-state index contributed by atoms with van der Waals surface area (Å²) in [5.74, 6) is 3.01. The van der Waals surface area contributed by atoms with Gasteiger partial charge in [-0.15, -0.1) is 0 Å². The summed E-state index contributed by atoms with van der Waals surface area (Å²) in [5.41, 5.74) is 6.31. The maximum atomic E-state index is 14.7. The summed E-state index contributed by atoms with van der Waals surface area (Å²) in [6, 6.07) is 1.13. The van der Waals surface area contributed by atoms with Crippen LogP contribution < -0.4 is 26.9 Å². The van der Waals surface area contributed by atoms with E-state index in [-0.39, 0.29) is 61.4 Å². The molecule has 3 rings (SSSR count). The summed E-state index contributed by atoms with van der Waals surface area (Å²) in [5, 5.41) is 6.97. The van der Waals surface area contributed by atoms with Gasteiger partial charge in [0.25, 0.3) is 5.91 Å². The number of nitrogens with two attached hydrogens (primary N) is 2. The van der Waals surface area contributed by atoms with Crippen molar-refractivity contribution in [3.63, 3.8) is 0 Å². The van der Waals surface area contributed by atoms with Crippen LogP contribution in [-0.4, -0.2) is 96.5 Å². The summed E-state index contributed by atoms with van der Waals surface area (Å²) in [7, 11) is 1.44. The molecular formula is C32H49F2N7O5. The van der Waals surface area contributed by atoms with Crippen LogP contribution in [0.25, 0.3) is 0 Å². The Bertz CT molecular complexity index is 1250. The van der Waals surface area contributed by atoms with Gasteiger partial charge in [-0.1, -0.05) is 39.5 Å². The molecule has 3 atom stereocenters. The third-order valence-corrected chi connectivity index (χ3v) is 7.97. The van der Waals surface area contributed by atoms with Crippen LogP contribution in [0.4, 0.5) is 8.78 Å². The summed E-state index contributed by atoms with van der Waals surface area (Å²) in [6.45, 7) is 4.00. The van der Waals surface area contributed by atoms with Crippen LogP contribution in [-0.2, 0) is 14.4 Å². The average molecular weight is 650 g/mol. The minimum absolute atomic E-state index is 0.0371. The second-order valence-electron chi connectivity index (χ2n) is 12.5. The Morgan fingerprint density at radius 1 is 1.04 bits per heavy atom. The number of ether oxygens (including phenoxy) is 1. The fourth-order valence-electron chi connectivity index (χ4n) is 5.63. The molecule has 2 aliphatic rings. The van der Waals surface area contributed by atoms with Crippen LogP contribution >= 0.6 is 0 Å². The number of benzene rings is 1. The van der Waals surface area contributed by atoms with Gasteiger partial charge in [-0.2, -0.15) is 0 Å². The van der Waals surface area contributed by atoms with E-state index in [1.165, 1.54) is 29.2 Å². The number of amides is 4. The van der Waals surface area contributed by atoms with E-state index in [2.05, 4.69) is 10.6 Å². The topological polar surface area (TPSA) is 163 Å². The van der Waals surface area contributed by atoms with E-state index >= 15 is 0 Å². The molecule has 0 aromatic heterocycles. The van der Waals surface area contributed by atoms with Crippen LogP contribution in [0.3, 0.4) is 0 Å². The molecule has 0 saturated carbocycles.